The summed E-state index contributed by atoms with van der Waals surface area (Å²) >= 11 is 5.65. The Hall–Kier alpha value is -5.93. The number of ether oxygens (including phenoxy) is 1. The van der Waals surface area contributed by atoms with Crippen LogP contribution in [0.2, 0.25) is 0 Å². The summed E-state index contributed by atoms with van der Waals surface area (Å²) in [6.07, 6.45) is -0.396. The molecule has 1 aromatic heterocycles. The van der Waals surface area contributed by atoms with E-state index in [2.05, 4.69) is 20.1 Å². The Labute approximate surface area is 337 Å². The van der Waals surface area contributed by atoms with Crippen molar-refractivity contribution in [2.45, 2.75) is 63.7 Å². The Kier molecular flexibility index (Phi) is 11.0. The zero-order chi connectivity index (χ0) is 41.5. The van der Waals surface area contributed by atoms with Gasteiger partial charge < -0.3 is 14.5 Å². The average Bonchev–Trinajstić information content (AvgIpc) is 3.54. The first-order chi connectivity index (χ1) is 27.6. The first kappa shape index (κ1) is 40.3. The number of nitriles is 1. The molecular weight excluding hydrogens is 778 g/mol. The van der Waals surface area contributed by atoms with Crippen molar-refractivity contribution in [2.75, 3.05) is 54.0 Å². The molecule has 1 N–H and O–H groups in total. The van der Waals surface area contributed by atoms with Crippen LogP contribution in [0.1, 0.15) is 77.8 Å². The quantitative estimate of drug-likeness (QED) is 0.162. The number of nitrogens with zero attached hydrogens (tertiary/aromatic N) is 7. The number of imide groups is 2. The number of amides is 5. The van der Waals surface area contributed by atoms with Gasteiger partial charge in [0.25, 0.3) is 17.7 Å². The number of carbonyl (C=O) groups is 5. The number of benzene rings is 2. The Morgan fingerprint density at radius 3 is 2.33 bits per heavy atom. The van der Waals surface area contributed by atoms with Crippen molar-refractivity contribution in [3.63, 3.8) is 0 Å². The standard InChI is InChI=1S/C40H39F3N8O6S/c1-39(2)37(56)49(25-7-6-24(22-44)30(20-25)40(41,42)43)38(58)51(39)26-8-12-32(45-23-26)48-17-15-47(16-18-48)14-4-3-5-19-57-27-9-10-28-29(21-27)36(55)50(35(28)54)31-11-13-33(52)46-34(31)53/h6-10,12,20-21,23,31H,3-5,11,13-19H2,1-2H3,(H,46,52,53). The van der Waals surface area contributed by atoms with Crippen LogP contribution in [0.15, 0.2) is 54.7 Å². The molecule has 2 aromatic carbocycles. The Morgan fingerprint density at radius 1 is 0.931 bits per heavy atom. The van der Waals surface area contributed by atoms with Crippen molar-refractivity contribution in [1.82, 2.24) is 20.1 Å². The number of carbonyl (C=O) groups excluding carboxylic acids is 5. The number of fused-ring (bicyclic) bond motifs is 1. The van der Waals surface area contributed by atoms with E-state index in [1.807, 2.05) is 6.07 Å². The maximum atomic E-state index is 13.7. The highest BCUT2D eigenvalue weighted by Crippen LogP contribution is 2.40. The fourth-order valence-electron chi connectivity index (χ4n) is 7.70. The van der Waals surface area contributed by atoms with E-state index in [-0.39, 0.29) is 34.8 Å². The molecule has 1 atom stereocenters. The van der Waals surface area contributed by atoms with Crippen molar-refractivity contribution in [1.29, 1.82) is 5.26 Å². The molecule has 0 radical (unpaired) electrons. The number of pyridine rings is 1. The van der Waals surface area contributed by atoms with E-state index in [0.29, 0.717) is 18.0 Å². The van der Waals surface area contributed by atoms with Gasteiger partial charge in [-0.3, -0.25) is 44.0 Å². The molecule has 3 fully saturated rings. The van der Waals surface area contributed by atoms with Gasteiger partial charge in [-0.1, -0.05) is 0 Å². The van der Waals surface area contributed by atoms with Crippen LogP contribution in [0.5, 0.6) is 5.75 Å². The number of unbranched alkanes of at least 4 members (excludes halogenated alkanes) is 2. The number of aromatic nitrogens is 1. The summed E-state index contributed by atoms with van der Waals surface area (Å²) in [5.41, 5.74) is -2.11. The van der Waals surface area contributed by atoms with Gasteiger partial charge in [0.2, 0.25) is 11.8 Å². The van der Waals surface area contributed by atoms with E-state index < -0.39 is 58.4 Å². The van der Waals surface area contributed by atoms with Gasteiger partial charge in [-0.25, -0.2) is 4.98 Å². The van der Waals surface area contributed by atoms with Crippen molar-refractivity contribution in [2.24, 2.45) is 0 Å². The third-order valence-electron chi connectivity index (χ3n) is 10.8. The van der Waals surface area contributed by atoms with Gasteiger partial charge in [0.1, 0.15) is 23.1 Å². The number of rotatable bonds is 11. The summed E-state index contributed by atoms with van der Waals surface area (Å²) < 4.78 is 47.0. The van der Waals surface area contributed by atoms with Gasteiger partial charge in [0.15, 0.2) is 5.11 Å². The van der Waals surface area contributed by atoms with Crippen molar-refractivity contribution in [3.05, 3.63) is 77.0 Å². The molecule has 4 aliphatic rings. The second-order valence-electron chi connectivity index (χ2n) is 14.9. The van der Waals surface area contributed by atoms with E-state index in [0.717, 1.165) is 79.7 Å². The third-order valence-corrected chi connectivity index (χ3v) is 11.2. The molecule has 3 saturated heterocycles. The number of alkyl halides is 3. The number of anilines is 3. The normalized spacial score (nSPS) is 19.8. The molecule has 3 aromatic rings. The van der Waals surface area contributed by atoms with E-state index in [1.54, 1.807) is 43.1 Å². The van der Waals surface area contributed by atoms with Crippen LogP contribution in [-0.4, -0.2) is 100 Å². The molecule has 5 amide bonds. The number of hydrogen-bond donors (Lipinski definition) is 1. The number of halogens is 3. The van der Waals surface area contributed by atoms with Gasteiger partial charge in [-0.15, -0.1) is 0 Å². The summed E-state index contributed by atoms with van der Waals surface area (Å²) in [7, 11) is 0. The monoisotopic (exact) mass is 816 g/mol. The molecule has 0 spiro atoms. The van der Waals surface area contributed by atoms with Gasteiger partial charge in [-0.2, -0.15) is 18.4 Å². The first-order valence-electron chi connectivity index (χ1n) is 18.8. The lowest BCUT2D eigenvalue weighted by Gasteiger charge is -2.35. The van der Waals surface area contributed by atoms with Crippen LogP contribution < -0.4 is 24.8 Å². The lowest BCUT2D eigenvalue weighted by molar-refractivity contribution is -0.138. The van der Waals surface area contributed by atoms with Crippen LogP contribution in [0.4, 0.5) is 30.4 Å². The maximum absolute atomic E-state index is 13.7. The van der Waals surface area contributed by atoms with Crippen LogP contribution in [0, 0.1) is 11.3 Å². The van der Waals surface area contributed by atoms with Gasteiger partial charge in [0, 0.05) is 32.6 Å². The van der Waals surface area contributed by atoms with Gasteiger partial charge in [-0.05, 0) is 107 Å². The van der Waals surface area contributed by atoms with Crippen molar-refractivity contribution >= 4 is 64.1 Å². The molecule has 14 nitrogen and oxygen atoms in total. The molecule has 7 rings (SSSR count). The Morgan fingerprint density at radius 2 is 1.66 bits per heavy atom. The van der Waals surface area contributed by atoms with E-state index in [1.165, 1.54) is 18.2 Å². The fraction of sp³-hybridized carbons (Fsp3) is 0.400. The highest BCUT2D eigenvalue weighted by atomic mass is 32.1. The molecular formula is C40H39F3N8O6S. The predicted octanol–water partition coefficient (Wildman–Crippen LogP) is 4.66. The van der Waals surface area contributed by atoms with E-state index in [9.17, 15) is 42.4 Å². The van der Waals surface area contributed by atoms with Crippen molar-refractivity contribution in [3.8, 4) is 11.8 Å². The molecule has 18 heteroatoms. The fourth-order valence-corrected chi connectivity index (χ4v) is 8.22. The third kappa shape index (κ3) is 7.59. The van der Waals surface area contributed by atoms with Gasteiger partial charge >= 0.3 is 6.18 Å². The summed E-state index contributed by atoms with van der Waals surface area (Å²) in [5, 5.41) is 11.4. The maximum Gasteiger partial charge on any atom is 0.417 e. The minimum atomic E-state index is -4.79. The highest BCUT2D eigenvalue weighted by molar-refractivity contribution is 7.81. The van der Waals surface area contributed by atoms with Crippen LogP contribution in [-0.2, 0) is 20.6 Å². The molecule has 0 bridgehead atoms. The van der Waals surface area contributed by atoms with Gasteiger partial charge in [0.05, 0.1) is 52.5 Å². The second kappa shape index (κ2) is 15.8. The first-order valence-corrected chi connectivity index (χ1v) is 19.2. The SMILES string of the molecule is CC1(C)C(=O)N(c2ccc(C#N)c(C(F)(F)F)c2)C(=S)N1c1ccc(N2CCN(CCCCCOc3ccc4c(c3)C(=O)N(C3CCC(=O)NC3=O)C4=O)CC2)nc1. The van der Waals surface area contributed by atoms with E-state index in [4.69, 9.17) is 17.0 Å². The average molecular weight is 817 g/mol. The topological polar surface area (TPSA) is 159 Å². The molecule has 0 aliphatic carbocycles. The molecule has 58 heavy (non-hydrogen) atoms. The molecule has 1 unspecified atom stereocenters. The lowest BCUT2D eigenvalue weighted by Crippen LogP contribution is -2.54. The molecule has 4 aliphatic heterocycles. The number of nitrogens with one attached hydrogen (secondary N) is 1. The summed E-state index contributed by atoms with van der Waals surface area (Å²) in [6.45, 7) is 7.75. The molecule has 5 heterocycles. The zero-order valence-corrected chi connectivity index (χ0v) is 32.5. The summed E-state index contributed by atoms with van der Waals surface area (Å²) in [6, 6.07) is 11.9. The van der Waals surface area contributed by atoms with Crippen LogP contribution in [0.25, 0.3) is 0 Å². The number of piperidine rings is 1. The minimum absolute atomic E-state index is 0.0000526. The number of hydrogen-bond acceptors (Lipinski definition) is 11. The second-order valence-corrected chi connectivity index (χ2v) is 15.3. The van der Waals surface area contributed by atoms with Crippen LogP contribution in [0.3, 0.4) is 0 Å². The highest BCUT2D eigenvalue weighted by Gasteiger charge is 2.51. The molecule has 302 valence electrons. The predicted molar refractivity (Wildman–Crippen MR) is 208 cm³/mol. The van der Waals surface area contributed by atoms with Crippen molar-refractivity contribution < 1.29 is 41.9 Å². The number of piperazine rings is 1. The zero-order valence-electron chi connectivity index (χ0n) is 31.7. The smallest absolute Gasteiger partial charge is 0.417 e. The Balaban J connectivity index is 0.860. The number of thiocarbonyl (C=S) groups is 1. The molecule has 0 saturated carbocycles. The largest absolute Gasteiger partial charge is 0.494 e. The summed E-state index contributed by atoms with van der Waals surface area (Å²) in [5.74, 6) is -1.54. The summed E-state index contributed by atoms with van der Waals surface area (Å²) in [4.78, 5) is 76.2. The van der Waals surface area contributed by atoms with Crippen LogP contribution >= 0.6 is 12.2 Å². The van der Waals surface area contributed by atoms with E-state index >= 15 is 0 Å². The Bertz CT molecular complexity index is 2240. The lowest BCUT2D eigenvalue weighted by atomic mass is 10.0. The minimum Gasteiger partial charge on any atom is -0.494 e.